The summed E-state index contributed by atoms with van der Waals surface area (Å²) >= 11 is 0. The lowest BCUT2D eigenvalue weighted by atomic mass is 9.91. The maximum absolute atomic E-state index is 15.3. The van der Waals surface area contributed by atoms with Crippen molar-refractivity contribution in [3.63, 3.8) is 0 Å². The lowest BCUT2D eigenvalue weighted by Gasteiger charge is -2.30. The van der Waals surface area contributed by atoms with Crippen molar-refractivity contribution in [3.8, 4) is 5.75 Å². The summed E-state index contributed by atoms with van der Waals surface area (Å²) < 4.78 is 20.6. The zero-order valence-corrected chi connectivity index (χ0v) is 19.9. The number of nitrogens with zero attached hydrogens (tertiary/aromatic N) is 3. The van der Waals surface area contributed by atoms with Crippen LogP contribution in [0, 0.1) is 5.82 Å². The monoisotopic (exact) mass is 464 g/mol. The first-order valence-electron chi connectivity index (χ1n) is 12.2. The summed E-state index contributed by atoms with van der Waals surface area (Å²) in [5.74, 6) is 1.34. The van der Waals surface area contributed by atoms with Crippen LogP contribution in [-0.2, 0) is 0 Å². The zero-order valence-electron chi connectivity index (χ0n) is 19.9. The number of rotatable bonds is 6. The number of nitrogens with one attached hydrogen (secondary N) is 2. The van der Waals surface area contributed by atoms with E-state index in [1.54, 1.807) is 19.4 Å². The Morgan fingerprint density at radius 2 is 1.94 bits per heavy atom. The highest BCUT2D eigenvalue weighted by molar-refractivity contribution is 5.84. The summed E-state index contributed by atoms with van der Waals surface area (Å²) in [6, 6.07) is 9.58. The van der Waals surface area contributed by atoms with Crippen LogP contribution in [0.2, 0.25) is 0 Å². The van der Waals surface area contributed by atoms with Gasteiger partial charge in [0.2, 0.25) is 0 Å². The maximum atomic E-state index is 15.3. The van der Waals surface area contributed by atoms with Crippen molar-refractivity contribution in [1.29, 1.82) is 0 Å². The van der Waals surface area contributed by atoms with E-state index in [9.17, 15) is 0 Å². The minimum absolute atomic E-state index is 0.00618. The number of benzene rings is 1. The maximum Gasteiger partial charge on any atom is 0.165 e. The second-order valence-corrected chi connectivity index (χ2v) is 9.50. The van der Waals surface area contributed by atoms with E-state index in [1.807, 2.05) is 24.3 Å². The molecule has 2 aliphatic rings. The van der Waals surface area contributed by atoms with E-state index in [1.165, 1.54) is 0 Å². The highest BCUT2D eigenvalue weighted by Gasteiger charge is 2.29. The van der Waals surface area contributed by atoms with E-state index < -0.39 is 0 Å². The SMILES string of the molecule is COc1ccc2ncc(Nc3nc(NC4CCCCC4N)c(F)cc3C3CCCN3C)cc2c1. The molecule has 180 valence electrons. The molecule has 3 unspecified atom stereocenters. The molecular formula is C26H33FN6O. The van der Waals surface area contributed by atoms with Crippen molar-refractivity contribution >= 4 is 28.2 Å². The average molecular weight is 465 g/mol. The molecule has 3 aromatic rings. The molecule has 1 aromatic carbocycles. The lowest BCUT2D eigenvalue weighted by molar-refractivity contribution is 0.317. The number of fused-ring (bicyclic) bond motifs is 1. The number of ether oxygens (including phenoxy) is 1. The zero-order chi connectivity index (χ0) is 23.7. The number of halogens is 1. The molecule has 1 saturated carbocycles. The lowest BCUT2D eigenvalue weighted by Crippen LogP contribution is -2.43. The van der Waals surface area contributed by atoms with Gasteiger partial charge in [0.05, 0.1) is 24.5 Å². The van der Waals surface area contributed by atoms with Gasteiger partial charge in [-0.15, -0.1) is 0 Å². The molecule has 3 heterocycles. The van der Waals surface area contributed by atoms with Gasteiger partial charge in [0.15, 0.2) is 11.6 Å². The van der Waals surface area contributed by atoms with Crippen molar-refractivity contribution in [2.24, 2.45) is 5.73 Å². The number of pyridine rings is 2. The van der Waals surface area contributed by atoms with Gasteiger partial charge in [-0.3, -0.25) is 9.88 Å². The van der Waals surface area contributed by atoms with E-state index in [-0.39, 0.29) is 29.8 Å². The Kier molecular flexibility index (Phi) is 6.52. The predicted molar refractivity (Wildman–Crippen MR) is 134 cm³/mol. The molecule has 34 heavy (non-hydrogen) atoms. The summed E-state index contributed by atoms with van der Waals surface area (Å²) in [4.78, 5) is 11.6. The van der Waals surface area contributed by atoms with Gasteiger partial charge < -0.3 is 21.1 Å². The molecule has 5 rings (SSSR count). The molecular weight excluding hydrogens is 431 g/mol. The quantitative estimate of drug-likeness (QED) is 0.475. The Labute approximate surface area is 199 Å². The summed E-state index contributed by atoms with van der Waals surface area (Å²) in [5.41, 5.74) is 8.84. The van der Waals surface area contributed by atoms with Gasteiger partial charge in [-0.05, 0) is 69.6 Å². The molecule has 7 nitrogen and oxygen atoms in total. The molecule has 4 N–H and O–H groups in total. The van der Waals surface area contributed by atoms with Crippen LogP contribution >= 0.6 is 0 Å². The first-order chi connectivity index (χ1) is 16.5. The van der Waals surface area contributed by atoms with Crippen LogP contribution in [0.3, 0.4) is 0 Å². The van der Waals surface area contributed by atoms with Crippen molar-refractivity contribution in [1.82, 2.24) is 14.9 Å². The second-order valence-electron chi connectivity index (χ2n) is 9.50. The first-order valence-corrected chi connectivity index (χ1v) is 12.2. The fraction of sp³-hybridized carbons (Fsp3) is 0.462. The van der Waals surface area contributed by atoms with Crippen molar-refractivity contribution in [2.45, 2.75) is 56.7 Å². The predicted octanol–water partition coefficient (Wildman–Crippen LogP) is 4.97. The average Bonchev–Trinajstić information content (AvgIpc) is 3.27. The topological polar surface area (TPSA) is 88.3 Å². The molecule has 1 saturated heterocycles. The molecule has 0 radical (unpaired) electrons. The summed E-state index contributed by atoms with van der Waals surface area (Å²) in [5, 5.41) is 7.69. The van der Waals surface area contributed by atoms with E-state index in [2.05, 4.69) is 27.6 Å². The minimum atomic E-state index is -0.333. The van der Waals surface area contributed by atoms with Gasteiger partial charge in [-0.1, -0.05) is 12.8 Å². The number of anilines is 3. The fourth-order valence-electron chi connectivity index (χ4n) is 5.22. The normalized spacial score (nSPS) is 23.2. The van der Waals surface area contributed by atoms with Crippen LogP contribution in [0.4, 0.5) is 21.7 Å². The van der Waals surface area contributed by atoms with Crippen LogP contribution in [0.5, 0.6) is 5.75 Å². The number of aromatic nitrogens is 2. The number of likely N-dealkylation sites (tertiary alicyclic amines) is 1. The third-order valence-corrected chi connectivity index (χ3v) is 7.18. The highest BCUT2D eigenvalue weighted by atomic mass is 19.1. The molecule has 0 amide bonds. The van der Waals surface area contributed by atoms with Crippen LogP contribution in [0.25, 0.3) is 10.9 Å². The standard InChI is InChI=1S/C26H33FN6O/c1-33-11-5-8-24(33)19-14-20(27)26(31-23-7-4-3-6-21(23)28)32-25(19)30-17-12-16-13-18(34-2)9-10-22(16)29-15-17/h9-10,12-15,21,23-24H,3-8,11,28H2,1-2H3,(H2,30,31,32). The minimum Gasteiger partial charge on any atom is -0.497 e. The van der Waals surface area contributed by atoms with Crippen LogP contribution in [0.15, 0.2) is 36.5 Å². The van der Waals surface area contributed by atoms with Gasteiger partial charge in [0.25, 0.3) is 0 Å². The third-order valence-electron chi connectivity index (χ3n) is 7.18. The van der Waals surface area contributed by atoms with Crippen molar-refractivity contribution in [2.75, 3.05) is 31.3 Å². The summed E-state index contributed by atoms with van der Waals surface area (Å²) in [6.07, 6.45) is 7.92. The van der Waals surface area contributed by atoms with Gasteiger partial charge >= 0.3 is 0 Å². The second kappa shape index (κ2) is 9.72. The van der Waals surface area contributed by atoms with Crippen molar-refractivity contribution in [3.05, 3.63) is 47.9 Å². The largest absolute Gasteiger partial charge is 0.497 e. The summed E-state index contributed by atoms with van der Waals surface area (Å²) in [6.45, 7) is 0.986. The number of hydrogen-bond donors (Lipinski definition) is 3. The van der Waals surface area contributed by atoms with Gasteiger partial charge in [-0.2, -0.15) is 0 Å². The first kappa shape index (κ1) is 22.8. The highest BCUT2D eigenvalue weighted by Crippen LogP contribution is 2.37. The van der Waals surface area contributed by atoms with Crippen LogP contribution < -0.4 is 21.1 Å². The Balaban J connectivity index is 1.51. The molecule has 2 fully saturated rings. The number of hydrogen-bond acceptors (Lipinski definition) is 7. The number of methoxy groups -OCH3 is 1. The van der Waals surface area contributed by atoms with Crippen LogP contribution in [0.1, 0.15) is 50.1 Å². The van der Waals surface area contributed by atoms with E-state index in [0.29, 0.717) is 5.82 Å². The molecule has 2 aromatic heterocycles. The third kappa shape index (κ3) is 4.65. The van der Waals surface area contributed by atoms with E-state index >= 15 is 4.39 Å². The molecule has 3 atom stereocenters. The van der Waals surface area contributed by atoms with E-state index in [0.717, 1.165) is 73.0 Å². The Morgan fingerprint density at radius 3 is 2.71 bits per heavy atom. The fourth-order valence-corrected chi connectivity index (χ4v) is 5.22. The summed E-state index contributed by atoms with van der Waals surface area (Å²) in [7, 11) is 3.73. The Hall–Kier alpha value is -2.97. The molecule has 8 heteroatoms. The molecule has 1 aliphatic heterocycles. The smallest absolute Gasteiger partial charge is 0.165 e. The number of nitrogens with two attached hydrogens (primary N) is 1. The van der Waals surface area contributed by atoms with Gasteiger partial charge in [0, 0.05) is 29.1 Å². The van der Waals surface area contributed by atoms with Crippen LogP contribution in [-0.4, -0.2) is 47.7 Å². The molecule has 0 spiro atoms. The Morgan fingerprint density at radius 1 is 1.09 bits per heavy atom. The van der Waals surface area contributed by atoms with Crippen molar-refractivity contribution < 1.29 is 9.13 Å². The molecule has 0 bridgehead atoms. The molecule has 1 aliphatic carbocycles. The van der Waals surface area contributed by atoms with E-state index in [4.69, 9.17) is 15.5 Å². The van der Waals surface area contributed by atoms with Gasteiger partial charge in [0.1, 0.15) is 11.6 Å². The van der Waals surface area contributed by atoms with Gasteiger partial charge in [-0.25, -0.2) is 9.37 Å². The Bertz CT molecular complexity index is 1170.